The Balaban J connectivity index is 1.45. The number of hydrogen-bond acceptors (Lipinski definition) is 2. The van der Waals surface area contributed by atoms with E-state index in [2.05, 4.69) is 10.6 Å². The molecule has 2 aliphatic heterocycles. The zero-order valence-electron chi connectivity index (χ0n) is 12.2. The van der Waals surface area contributed by atoms with Gasteiger partial charge in [0.15, 0.2) is 0 Å². The van der Waals surface area contributed by atoms with E-state index in [9.17, 15) is 13.6 Å². The number of alkyl halides is 2. The first-order valence-corrected chi connectivity index (χ1v) is 7.74. The molecule has 2 N–H and O–H groups in total. The van der Waals surface area contributed by atoms with Gasteiger partial charge in [0.1, 0.15) is 0 Å². The maximum absolute atomic E-state index is 13.1. The summed E-state index contributed by atoms with van der Waals surface area (Å²) in [5, 5.41) is 6.11. The predicted molar refractivity (Wildman–Crippen MR) is 78.7 cm³/mol. The van der Waals surface area contributed by atoms with Crippen molar-refractivity contribution in [2.24, 2.45) is 11.3 Å². The van der Waals surface area contributed by atoms with Gasteiger partial charge in [-0.2, -0.15) is 0 Å². The van der Waals surface area contributed by atoms with E-state index in [0.717, 1.165) is 31.6 Å². The average molecular weight is 307 g/mol. The van der Waals surface area contributed by atoms with Crippen LogP contribution in [0.25, 0.3) is 0 Å². The molecule has 3 aliphatic rings. The lowest BCUT2D eigenvalue weighted by Crippen LogP contribution is -2.33. The first-order valence-electron chi connectivity index (χ1n) is 7.74. The number of anilines is 1. The number of nitrogens with zero attached hydrogens (tertiary/aromatic N) is 1. The lowest BCUT2D eigenvalue weighted by Gasteiger charge is -2.17. The molecule has 4 nitrogen and oxygen atoms in total. The van der Waals surface area contributed by atoms with Crippen molar-refractivity contribution in [1.29, 1.82) is 0 Å². The Morgan fingerprint density at radius 2 is 2.09 bits per heavy atom. The highest BCUT2D eigenvalue weighted by atomic mass is 19.3. The first kappa shape index (κ1) is 13.9. The van der Waals surface area contributed by atoms with Crippen LogP contribution in [0, 0.1) is 11.3 Å². The molecular weight excluding hydrogens is 288 g/mol. The fraction of sp³-hybridized carbons (Fsp3) is 0.562. The maximum atomic E-state index is 13.1. The molecule has 1 saturated carbocycles. The fourth-order valence-corrected chi connectivity index (χ4v) is 3.76. The summed E-state index contributed by atoms with van der Waals surface area (Å²) in [7, 11) is 0. The van der Waals surface area contributed by atoms with Gasteiger partial charge in [-0.15, -0.1) is 0 Å². The van der Waals surface area contributed by atoms with Gasteiger partial charge in [0, 0.05) is 37.8 Å². The van der Waals surface area contributed by atoms with E-state index in [0.29, 0.717) is 6.54 Å². The number of carbonyl (C=O) groups is 1. The lowest BCUT2D eigenvalue weighted by atomic mass is 9.93. The topological polar surface area (TPSA) is 44.4 Å². The van der Waals surface area contributed by atoms with E-state index in [1.807, 2.05) is 18.2 Å². The molecule has 2 amide bonds. The van der Waals surface area contributed by atoms with Crippen LogP contribution in [0.1, 0.15) is 24.0 Å². The SMILES string of the molecule is O=C(Nc1ccc2c(c1)CNC2)N1C[C@H](C(F)F)C2(CC2)C1. The number of fused-ring (bicyclic) bond motifs is 1. The molecule has 0 unspecified atom stereocenters. The number of nitrogens with one attached hydrogen (secondary N) is 2. The van der Waals surface area contributed by atoms with Gasteiger partial charge in [-0.25, -0.2) is 13.6 Å². The van der Waals surface area contributed by atoms with Crippen molar-refractivity contribution in [3.63, 3.8) is 0 Å². The summed E-state index contributed by atoms with van der Waals surface area (Å²) < 4.78 is 26.2. The van der Waals surface area contributed by atoms with Crippen molar-refractivity contribution in [3.05, 3.63) is 29.3 Å². The van der Waals surface area contributed by atoms with Gasteiger partial charge in [-0.3, -0.25) is 0 Å². The monoisotopic (exact) mass is 307 g/mol. The lowest BCUT2D eigenvalue weighted by molar-refractivity contribution is 0.0563. The van der Waals surface area contributed by atoms with E-state index in [4.69, 9.17) is 0 Å². The van der Waals surface area contributed by atoms with Crippen LogP contribution in [-0.4, -0.2) is 30.4 Å². The number of benzene rings is 1. The third-order valence-electron chi connectivity index (χ3n) is 5.28. The van der Waals surface area contributed by atoms with Crippen LogP contribution < -0.4 is 10.6 Å². The van der Waals surface area contributed by atoms with E-state index in [1.54, 1.807) is 4.90 Å². The molecule has 1 aromatic carbocycles. The molecule has 118 valence electrons. The molecule has 1 atom stereocenters. The van der Waals surface area contributed by atoms with Gasteiger partial charge < -0.3 is 15.5 Å². The van der Waals surface area contributed by atoms with E-state index in [-0.39, 0.29) is 18.0 Å². The van der Waals surface area contributed by atoms with Crippen molar-refractivity contribution in [3.8, 4) is 0 Å². The summed E-state index contributed by atoms with van der Waals surface area (Å²) in [6, 6.07) is 5.57. The van der Waals surface area contributed by atoms with Gasteiger partial charge in [0.2, 0.25) is 6.43 Å². The molecule has 1 aromatic rings. The quantitative estimate of drug-likeness (QED) is 0.882. The number of halogens is 2. The Kier molecular flexibility index (Phi) is 3.11. The van der Waals surface area contributed by atoms with Crippen molar-refractivity contribution in [2.75, 3.05) is 18.4 Å². The van der Waals surface area contributed by atoms with Crippen LogP contribution in [0.3, 0.4) is 0 Å². The number of carbonyl (C=O) groups excluding carboxylic acids is 1. The zero-order chi connectivity index (χ0) is 15.3. The second kappa shape index (κ2) is 4.91. The molecule has 0 aromatic heterocycles. The number of amides is 2. The highest BCUT2D eigenvalue weighted by Crippen LogP contribution is 2.57. The summed E-state index contributed by atoms with van der Waals surface area (Å²) in [4.78, 5) is 13.9. The molecular formula is C16H19F2N3O. The van der Waals surface area contributed by atoms with Crippen LogP contribution in [0.2, 0.25) is 0 Å². The Hall–Kier alpha value is -1.69. The normalized spacial score (nSPS) is 24.9. The van der Waals surface area contributed by atoms with E-state index in [1.165, 1.54) is 11.1 Å². The van der Waals surface area contributed by atoms with Crippen molar-refractivity contribution < 1.29 is 13.6 Å². The zero-order valence-corrected chi connectivity index (χ0v) is 12.2. The molecule has 2 heterocycles. The van der Waals surface area contributed by atoms with Gasteiger partial charge in [-0.05, 0) is 41.5 Å². The molecule has 0 radical (unpaired) electrons. The summed E-state index contributed by atoms with van der Waals surface area (Å²) in [6.07, 6.45) is -0.710. The minimum atomic E-state index is -2.34. The van der Waals surface area contributed by atoms with Gasteiger partial charge in [0.05, 0.1) is 0 Å². The molecule has 1 aliphatic carbocycles. The number of likely N-dealkylation sites (tertiary alicyclic amines) is 1. The van der Waals surface area contributed by atoms with Gasteiger partial charge >= 0.3 is 6.03 Å². The maximum Gasteiger partial charge on any atom is 0.321 e. The molecule has 4 rings (SSSR count). The van der Waals surface area contributed by atoms with Crippen LogP contribution in [-0.2, 0) is 13.1 Å². The standard InChI is InChI=1S/C16H19F2N3O/c17-14(18)13-8-21(9-16(13)3-4-16)15(22)20-12-2-1-10-6-19-7-11(10)5-12/h1-2,5,13-14,19H,3-4,6-9H2,(H,20,22)/t13-/m1/s1. The van der Waals surface area contributed by atoms with Gasteiger partial charge in [-0.1, -0.05) is 6.07 Å². The van der Waals surface area contributed by atoms with Crippen LogP contribution in [0.5, 0.6) is 0 Å². The summed E-state index contributed by atoms with van der Waals surface area (Å²) in [5.41, 5.74) is 2.85. The predicted octanol–water partition coefficient (Wildman–Crippen LogP) is 2.80. The molecule has 0 bridgehead atoms. The second-order valence-electron chi connectivity index (χ2n) is 6.70. The summed E-state index contributed by atoms with van der Waals surface area (Å²) in [5.74, 6) is -0.664. The number of urea groups is 1. The Morgan fingerprint density at radius 3 is 2.77 bits per heavy atom. The third kappa shape index (κ3) is 2.26. The summed E-state index contributed by atoms with van der Waals surface area (Å²) >= 11 is 0. The highest BCUT2D eigenvalue weighted by Gasteiger charge is 2.59. The third-order valence-corrected chi connectivity index (χ3v) is 5.28. The van der Waals surface area contributed by atoms with E-state index < -0.39 is 12.3 Å². The summed E-state index contributed by atoms with van der Waals surface area (Å²) in [6.45, 7) is 2.28. The highest BCUT2D eigenvalue weighted by molar-refractivity contribution is 5.89. The van der Waals surface area contributed by atoms with Crippen LogP contribution in [0.15, 0.2) is 18.2 Å². The minimum Gasteiger partial charge on any atom is -0.323 e. The fourth-order valence-electron chi connectivity index (χ4n) is 3.76. The first-order chi connectivity index (χ1) is 10.6. The molecule has 1 spiro atoms. The second-order valence-corrected chi connectivity index (χ2v) is 6.70. The number of rotatable bonds is 2. The molecule has 1 saturated heterocycles. The van der Waals surface area contributed by atoms with Gasteiger partial charge in [0.25, 0.3) is 0 Å². The molecule has 22 heavy (non-hydrogen) atoms. The molecule has 2 fully saturated rings. The molecule has 6 heteroatoms. The van der Waals surface area contributed by atoms with Crippen molar-refractivity contribution in [2.45, 2.75) is 32.4 Å². The Labute approximate surface area is 127 Å². The van der Waals surface area contributed by atoms with Crippen LogP contribution >= 0.6 is 0 Å². The average Bonchev–Trinajstić information content (AvgIpc) is 2.94. The van der Waals surface area contributed by atoms with E-state index >= 15 is 0 Å². The minimum absolute atomic E-state index is 0.163. The Bertz CT molecular complexity index is 615. The largest absolute Gasteiger partial charge is 0.323 e. The van der Waals surface area contributed by atoms with Crippen molar-refractivity contribution >= 4 is 11.7 Å². The van der Waals surface area contributed by atoms with Crippen molar-refractivity contribution in [1.82, 2.24) is 10.2 Å². The van der Waals surface area contributed by atoms with Crippen LogP contribution in [0.4, 0.5) is 19.3 Å². The smallest absolute Gasteiger partial charge is 0.321 e. The Morgan fingerprint density at radius 1 is 1.32 bits per heavy atom. The number of hydrogen-bond donors (Lipinski definition) is 2.